The number of rotatable bonds is 5. The SMILES string of the molecule is CCCC1=CC(=O)[C@@H](OC(C)=O)[C@H](CC(C)C)N1C(=O)OC(C)(C)C. The third-order valence-corrected chi connectivity index (χ3v) is 3.68. The van der Waals surface area contributed by atoms with Crippen LogP contribution in [0.15, 0.2) is 11.8 Å². The third kappa shape index (κ3) is 6.18. The van der Waals surface area contributed by atoms with Gasteiger partial charge in [0.25, 0.3) is 0 Å². The van der Waals surface area contributed by atoms with Crippen LogP contribution >= 0.6 is 0 Å². The summed E-state index contributed by atoms with van der Waals surface area (Å²) in [6, 6.07) is -0.558. The average molecular weight is 353 g/mol. The van der Waals surface area contributed by atoms with E-state index in [2.05, 4.69) is 0 Å². The van der Waals surface area contributed by atoms with Crippen molar-refractivity contribution in [3.63, 3.8) is 0 Å². The summed E-state index contributed by atoms with van der Waals surface area (Å²) < 4.78 is 10.8. The molecule has 0 N–H and O–H groups in total. The van der Waals surface area contributed by atoms with Crippen LogP contribution in [0.2, 0.25) is 0 Å². The molecule has 6 heteroatoms. The standard InChI is InChI=1S/C19H31NO5/c1-8-9-14-11-16(22)17(24-13(4)21)15(10-12(2)3)20(14)18(23)25-19(5,6)7/h11-12,15,17H,8-10H2,1-7H3/t15-,17-/m0/s1. The lowest BCUT2D eigenvalue weighted by molar-refractivity contribution is -0.156. The summed E-state index contributed by atoms with van der Waals surface area (Å²) in [4.78, 5) is 38.4. The predicted molar refractivity (Wildman–Crippen MR) is 94.9 cm³/mol. The van der Waals surface area contributed by atoms with Crippen LogP contribution in [-0.2, 0) is 19.1 Å². The molecule has 0 aromatic rings. The van der Waals surface area contributed by atoms with E-state index < -0.39 is 29.8 Å². The van der Waals surface area contributed by atoms with Crippen molar-refractivity contribution in [1.29, 1.82) is 0 Å². The van der Waals surface area contributed by atoms with Gasteiger partial charge >= 0.3 is 12.1 Å². The quantitative estimate of drug-likeness (QED) is 0.702. The van der Waals surface area contributed by atoms with Gasteiger partial charge in [-0.1, -0.05) is 27.2 Å². The van der Waals surface area contributed by atoms with Crippen LogP contribution < -0.4 is 0 Å². The normalized spacial score (nSPS) is 21.2. The van der Waals surface area contributed by atoms with Crippen LogP contribution in [-0.4, -0.2) is 40.5 Å². The first kappa shape index (κ1) is 21.2. The molecule has 0 spiro atoms. The van der Waals surface area contributed by atoms with E-state index in [0.717, 1.165) is 6.42 Å². The Kier molecular flexibility index (Phi) is 7.20. The fourth-order valence-electron chi connectivity index (χ4n) is 2.89. The molecule has 0 aromatic carbocycles. The van der Waals surface area contributed by atoms with Crippen molar-refractivity contribution in [3.8, 4) is 0 Å². The largest absolute Gasteiger partial charge is 0.452 e. The molecule has 1 amide bonds. The Morgan fingerprint density at radius 2 is 1.88 bits per heavy atom. The van der Waals surface area contributed by atoms with Gasteiger partial charge in [-0.2, -0.15) is 0 Å². The molecule has 142 valence electrons. The lowest BCUT2D eigenvalue weighted by Gasteiger charge is -2.41. The van der Waals surface area contributed by atoms with E-state index >= 15 is 0 Å². The van der Waals surface area contributed by atoms with E-state index in [1.165, 1.54) is 17.9 Å². The smallest absolute Gasteiger partial charge is 0.414 e. The molecule has 1 aliphatic heterocycles. The first-order chi connectivity index (χ1) is 11.5. The molecule has 0 bridgehead atoms. The van der Waals surface area contributed by atoms with Crippen LogP contribution in [0.4, 0.5) is 4.79 Å². The van der Waals surface area contributed by atoms with Crippen molar-refractivity contribution in [3.05, 3.63) is 11.8 Å². The molecule has 25 heavy (non-hydrogen) atoms. The van der Waals surface area contributed by atoms with Gasteiger partial charge in [0.05, 0.1) is 6.04 Å². The summed E-state index contributed by atoms with van der Waals surface area (Å²) in [5.74, 6) is -0.602. The highest BCUT2D eigenvalue weighted by Gasteiger charge is 2.43. The monoisotopic (exact) mass is 353 g/mol. The summed E-state index contributed by atoms with van der Waals surface area (Å²) in [7, 11) is 0. The van der Waals surface area contributed by atoms with E-state index in [1.54, 1.807) is 20.8 Å². The van der Waals surface area contributed by atoms with Crippen LogP contribution in [0.25, 0.3) is 0 Å². The lowest BCUT2D eigenvalue weighted by atomic mass is 9.90. The number of ether oxygens (including phenoxy) is 2. The number of hydrogen-bond donors (Lipinski definition) is 0. The topological polar surface area (TPSA) is 72.9 Å². The van der Waals surface area contributed by atoms with Crippen LogP contribution in [0.5, 0.6) is 0 Å². The number of carbonyl (C=O) groups is 3. The molecule has 0 saturated heterocycles. The molecule has 0 saturated carbocycles. The number of allylic oxidation sites excluding steroid dienone is 1. The number of esters is 1. The maximum Gasteiger partial charge on any atom is 0.414 e. The fraction of sp³-hybridized carbons (Fsp3) is 0.737. The number of carbonyl (C=O) groups excluding carboxylic acids is 3. The molecular weight excluding hydrogens is 322 g/mol. The second kappa shape index (κ2) is 8.50. The highest BCUT2D eigenvalue weighted by atomic mass is 16.6. The molecule has 0 fully saturated rings. The third-order valence-electron chi connectivity index (χ3n) is 3.68. The van der Waals surface area contributed by atoms with Crippen LogP contribution in [0.1, 0.15) is 67.7 Å². The van der Waals surface area contributed by atoms with Gasteiger partial charge in [0.2, 0.25) is 0 Å². The highest BCUT2D eigenvalue weighted by Crippen LogP contribution is 2.31. The molecule has 1 heterocycles. The minimum absolute atomic E-state index is 0.210. The van der Waals surface area contributed by atoms with Crippen molar-refractivity contribution in [2.75, 3.05) is 0 Å². The number of nitrogens with zero attached hydrogens (tertiary/aromatic N) is 1. The number of amides is 1. The Morgan fingerprint density at radius 3 is 2.32 bits per heavy atom. The van der Waals surface area contributed by atoms with Gasteiger partial charge in [0, 0.05) is 18.7 Å². The zero-order valence-electron chi connectivity index (χ0n) is 16.4. The molecule has 0 radical (unpaired) electrons. The first-order valence-corrected chi connectivity index (χ1v) is 8.90. The zero-order valence-corrected chi connectivity index (χ0v) is 16.4. The molecule has 0 aliphatic carbocycles. The Morgan fingerprint density at radius 1 is 1.28 bits per heavy atom. The minimum atomic E-state index is -0.993. The summed E-state index contributed by atoms with van der Waals surface area (Å²) in [6.07, 6.45) is 1.80. The Balaban J connectivity index is 3.32. The van der Waals surface area contributed by atoms with Crippen LogP contribution in [0.3, 0.4) is 0 Å². The van der Waals surface area contributed by atoms with Gasteiger partial charge in [-0.05, 0) is 39.5 Å². The molecule has 1 aliphatic rings. The molecule has 0 aromatic heterocycles. The Hall–Kier alpha value is -1.85. The maximum atomic E-state index is 12.8. The second-order valence-corrected chi connectivity index (χ2v) is 7.87. The molecule has 1 rings (SSSR count). The minimum Gasteiger partial charge on any atom is -0.452 e. The van der Waals surface area contributed by atoms with Crippen LogP contribution in [0, 0.1) is 5.92 Å². The Labute approximate surface area is 150 Å². The predicted octanol–water partition coefficient (Wildman–Crippen LogP) is 3.84. The van der Waals surface area contributed by atoms with Crippen molar-refractivity contribution in [2.45, 2.75) is 85.5 Å². The highest BCUT2D eigenvalue weighted by molar-refractivity contribution is 5.98. The van der Waals surface area contributed by atoms with Gasteiger partial charge < -0.3 is 9.47 Å². The van der Waals surface area contributed by atoms with Gasteiger partial charge in [-0.15, -0.1) is 0 Å². The molecule has 6 nitrogen and oxygen atoms in total. The Bertz CT molecular complexity index is 545. The summed E-state index contributed by atoms with van der Waals surface area (Å²) in [6.45, 7) is 12.6. The van der Waals surface area contributed by atoms with Crippen molar-refractivity contribution in [2.24, 2.45) is 5.92 Å². The van der Waals surface area contributed by atoms with Crippen molar-refractivity contribution < 1.29 is 23.9 Å². The van der Waals surface area contributed by atoms with E-state index in [4.69, 9.17) is 9.47 Å². The van der Waals surface area contributed by atoms with E-state index in [0.29, 0.717) is 18.5 Å². The summed E-state index contributed by atoms with van der Waals surface area (Å²) in [5.41, 5.74) is -0.0365. The fourth-order valence-corrected chi connectivity index (χ4v) is 2.89. The van der Waals surface area contributed by atoms with Gasteiger partial charge in [-0.25, -0.2) is 4.79 Å². The molecular formula is C19H31NO5. The van der Waals surface area contributed by atoms with Gasteiger partial charge in [0.15, 0.2) is 11.9 Å². The molecule has 0 unspecified atom stereocenters. The summed E-state index contributed by atoms with van der Waals surface area (Å²) >= 11 is 0. The number of ketones is 1. The van der Waals surface area contributed by atoms with Gasteiger partial charge in [0.1, 0.15) is 5.60 Å². The van der Waals surface area contributed by atoms with E-state index in [-0.39, 0.29) is 11.7 Å². The van der Waals surface area contributed by atoms with E-state index in [1.807, 2.05) is 20.8 Å². The lowest BCUT2D eigenvalue weighted by Crippen LogP contribution is -2.55. The van der Waals surface area contributed by atoms with Crippen molar-refractivity contribution in [1.82, 2.24) is 4.90 Å². The summed E-state index contributed by atoms with van der Waals surface area (Å²) in [5, 5.41) is 0. The second-order valence-electron chi connectivity index (χ2n) is 7.87. The van der Waals surface area contributed by atoms with Crippen molar-refractivity contribution >= 4 is 17.8 Å². The first-order valence-electron chi connectivity index (χ1n) is 8.90. The van der Waals surface area contributed by atoms with Gasteiger partial charge in [-0.3, -0.25) is 14.5 Å². The molecule has 2 atom stereocenters. The van der Waals surface area contributed by atoms with E-state index in [9.17, 15) is 14.4 Å². The number of hydrogen-bond acceptors (Lipinski definition) is 5. The maximum absolute atomic E-state index is 12.8. The average Bonchev–Trinajstić information content (AvgIpc) is 2.40. The zero-order chi connectivity index (χ0) is 19.4.